The van der Waals surface area contributed by atoms with E-state index in [1.165, 1.54) is 6.21 Å². The molecule has 0 atom stereocenters. The molecule has 2 aromatic rings. The molecule has 1 aromatic heterocycles. The van der Waals surface area contributed by atoms with Crippen molar-refractivity contribution in [3.8, 4) is 6.07 Å². The summed E-state index contributed by atoms with van der Waals surface area (Å²) in [5.41, 5.74) is 0.904. The van der Waals surface area contributed by atoms with Crippen molar-refractivity contribution >= 4 is 18.4 Å². The third kappa shape index (κ3) is 2.56. The van der Waals surface area contributed by atoms with Crippen molar-refractivity contribution < 1.29 is 0 Å². The summed E-state index contributed by atoms with van der Waals surface area (Å²) in [6.45, 7) is 0. The van der Waals surface area contributed by atoms with Crippen LogP contribution in [0, 0.1) is 16.1 Å². The maximum atomic E-state index is 11.4. The average molecular weight is 257 g/mol. The predicted octanol–water partition coefficient (Wildman–Crippen LogP) is 1.05. The van der Waals surface area contributed by atoms with Crippen LogP contribution in [0.25, 0.3) is 0 Å². The molecule has 1 heterocycles. The molecule has 0 aliphatic carbocycles. The quantitative estimate of drug-likeness (QED) is 0.643. The van der Waals surface area contributed by atoms with Gasteiger partial charge in [0.25, 0.3) is 5.56 Å². The van der Waals surface area contributed by atoms with Gasteiger partial charge >= 0.3 is 0 Å². The summed E-state index contributed by atoms with van der Waals surface area (Å²) >= 11 is 4.88. The summed E-state index contributed by atoms with van der Waals surface area (Å²) in [5, 5.41) is 18.6. The molecule has 0 saturated heterocycles. The minimum atomic E-state index is -0.413. The molecule has 0 spiro atoms. The van der Waals surface area contributed by atoms with Gasteiger partial charge in [0.05, 0.1) is 17.8 Å². The van der Waals surface area contributed by atoms with Crippen LogP contribution in [0.15, 0.2) is 40.4 Å². The molecule has 0 aliphatic heterocycles. The van der Waals surface area contributed by atoms with Crippen LogP contribution in [0.1, 0.15) is 11.1 Å². The first kappa shape index (κ1) is 11.9. The molecule has 1 aromatic carbocycles. The van der Waals surface area contributed by atoms with Crippen LogP contribution in [-0.4, -0.2) is 21.1 Å². The van der Waals surface area contributed by atoms with Gasteiger partial charge in [-0.05, 0) is 29.9 Å². The Bertz CT molecular complexity index is 707. The molecular formula is C11H7N5OS. The number of nitrogens with zero attached hydrogens (tertiary/aromatic N) is 4. The highest BCUT2D eigenvalue weighted by atomic mass is 32.1. The molecule has 88 valence electrons. The van der Waals surface area contributed by atoms with Gasteiger partial charge in [0.15, 0.2) is 0 Å². The third-order valence-corrected chi connectivity index (χ3v) is 2.36. The zero-order chi connectivity index (χ0) is 13.0. The molecule has 7 heteroatoms. The monoisotopic (exact) mass is 257 g/mol. The van der Waals surface area contributed by atoms with E-state index in [0.29, 0.717) is 5.56 Å². The minimum absolute atomic E-state index is 0.118. The van der Waals surface area contributed by atoms with E-state index in [1.54, 1.807) is 24.3 Å². The number of H-pyrrole nitrogens is 1. The van der Waals surface area contributed by atoms with Gasteiger partial charge in [-0.2, -0.15) is 20.1 Å². The maximum Gasteiger partial charge on any atom is 0.293 e. The Labute approximate surface area is 107 Å². The summed E-state index contributed by atoms with van der Waals surface area (Å²) in [5.74, 6) is 0. The summed E-state index contributed by atoms with van der Waals surface area (Å²) in [7, 11) is 0. The molecule has 1 N–H and O–H groups in total. The molecule has 18 heavy (non-hydrogen) atoms. The minimum Gasteiger partial charge on any atom is -0.265 e. The first-order valence-electron chi connectivity index (χ1n) is 4.92. The fourth-order valence-electron chi connectivity index (χ4n) is 1.22. The maximum absolute atomic E-state index is 11.4. The van der Waals surface area contributed by atoms with E-state index in [9.17, 15) is 4.79 Å². The molecular weight excluding hydrogens is 250 g/mol. The number of aromatic nitrogens is 3. The summed E-state index contributed by atoms with van der Waals surface area (Å²) in [6, 6.07) is 8.79. The Kier molecular flexibility index (Phi) is 3.41. The van der Waals surface area contributed by atoms with Crippen LogP contribution < -0.4 is 5.56 Å². The normalized spacial score (nSPS) is 10.4. The van der Waals surface area contributed by atoms with Crippen molar-refractivity contribution in [2.24, 2.45) is 5.10 Å². The lowest BCUT2D eigenvalue weighted by atomic mass is 10.2. The van der Waals surface area contributed by atoms with E-state index < -0.39 is 5.56 Å². The second-order valence-corrected chi connectivity index (χ2v) is 3.69. The van der Waals surface area contributed by atoms with Crippen molar-refractivity contribution in [1.82, 2.24) is 14.9 Å². The molecule has 0 saturated carbocycles. The van der Waals surface area contributed by atoms with E-state index in [1.807, 2.05) is 6.07 Å². The molecule has 2 rings (SSSR count). The number of benzene rings is 1. The van der Waals surface area contributed by atoms with Crippen LogP contribution in [0.3, 0.4) is 0 Å². The number of hydrogen-bond donors (Lipinski definition) is 1. The lowest BCUT2D eigenvalue weighted by molar-refractivity contribution is 0.738. The zero-order valence-corrected chi connectivity index (χ0v) is 9.89. The Balaban J connectivity index is 2.34. The van der Waals surface area contributed by atoms with E-state index in [-0.39, 0.29) is 4.77 Å². The van der Waals surface area contributed by atoms with Gasteiger partial charge in [0.1, 0.15) is 6.20 Å². The molecule has 0 unspecified atom stereocenters. The van der Waals surface area contributed by atoms with Crippen molar-refractivity contribution in [2.75, 3.05) is 0 Å². The average Bonchev–Trinajstić information content (AvgIpc) is 2.39. The molecule has 0 fully saturated rings. The summed E-state index contributed by atoms with van der Waals surface area (Å²) < 4.78 is 1.15. The molecule has 6 nitrogen and oxygen atoms in total. The van der Waals surface area contributed by atoms with Crippen molar-refractivity contribution in [3.05, 3.63) is 56.7 Å². The largest absolute Gasteiger partial charge is 0.293 e. The van der Waals surface area contributed by atoms with E-state index in [2.05, 4.69) is 15.3 Å². The van der Waals surface area contributed by atoms with Gasteiger partial charge in [-0.3, -0.25) is 9.89 Å². The van der Waals surface area contributed by atoms with Crippen molar-refractivity contribution in [3.63, 3.8) is 0 Å². The summed E-state index contributed by atoms with van der Waals surface area (Å²) in [4.78, 5) is 11.4. The van der Waals surface area contributed by atoms with Gasteiger partial charge in [-0.1, -0.05) is 12.1 Å². The number of nitrogens with one attached hydrogen (secondary N) is 1. The highest BCUT2D eigenvalue weighted by Crippen LogP contribution is 2.00. The number of rotatable bonds is 2. The smallest absolute Gasteiger partial charge is 0.265 e. The summed E-state index contributed by atoms with van der Waals surface area (Å²) in [6.07, 6.45) is 2.57. The van der Waals surface area contributed by atoms with Crippen molar-refractivity contribution in [2.45, 2.75) is 0 Å². The van der Waals surface area contributed by atoms with Crippen LogP contribution in [-0.2, 0) is 0 Å². The Hall–Kier alpha value is -2.59. The van der Waals surface area contributed by atoms with Crippen LogP contribution in [0.5, 0.6) is 0 Å². The van der Waals surface area contributed by atoms with E-state index in [4.69, 9.17) is 17.5 Å². The highest BCUT2D eigenvalue weighted by Gasteiger charge is 1.95. The van der Waals surface area contributed by atoms with Gasteiger partial charge in [0, 0.05) is 0 Å². The standard InChI is InChI=1S/C11H7N5OS/c12-5-8-1-3-9(4-2-8)6-14-16-10(17)7-13-15-11(16)18/h1-4,6-7H,(H,15,18). The van der Waals surface area contributed by atoms with Gasteiger partial charge in [0.2, 0.25) is 4.77 Å². The molecule has 0 bridgehead atoms. The van der Waals surface area contributed by atoms with Gasteiger partial charge in [-0.25, -0.2) is 0 Å². The lowest BCUT2D eigenvalue weighted by Crippen LogP contribution is -2.18. The fraction of sp³-hybridized carbons (Fsp3) is 0. The Morgan fingerprint density at radius 1 is 1.44 bits per heavy atom. The molecule has 0 amide bonds. The van der Waals surface area contributed by atoms with Crippen molar-refractivity contribution in [1.29, 1.82) is 5.26 Å². The van der Waals surface area contributed by atoms with Crippen LogP contribution in [0.4, 0.5) is 0 Å². The predicted molar refractivity (Wildman–Crippen MR) is 67.8 cm³/mol. The first-order chi connectivity index (χ1) is 8.70. The number of hydrogen-bond acceptors (Lipinski definition) is 5. The first-order valence-corrected chi connectivity index (χ1v) is 5.33. The van der Waals surface area contributed by atoms with Crippen LogP contribution in [0.2, 0.25) is 0 Å². The molecule has 0 radical (unpaired) electrons. The number of aromatic amines is 1. The highest BCUT2D eigenvalue weighted by molar-refractivity contribution is 7.71. The van der Waals surface area contributed by atoms with Gasteiger partial charge in [-0.15, -0.1) is 0 Å². The SMILES string of the molecule is N#Cc1ccc(C=Nn2c(=O)cn[nH]c2=S)cc1. The lowest BCUT2D eigenvalue weighted by Gasteiger charge is -1.96. The second kappa shape index (κ2) is 5.16. The number of nitriles is 1. The molecule has 0 aliphatic rings. The zero-order valence-electron chi connectivity index (χ0n) is 9.07. The Morgan fingerprint density at radius 3 is 2.78 bits per heavy atom. The third-order valence-electron chi connectivity index (χ3n) is 2.10. The second-order valence-electron chi connectivity index (χ2n) is 3.30. The topological polar surface area (TPSA) is 86.8 Å². The Morgan fingerprint density at radius 2 is 2.17 bits per heavy atom. The van der Waals surface area contributed by atoms with Crippen LogP contribution >= 0.6 is 12.2 Å². The van der Waals surface area contributed by atoms with E-state index in [0.717, 1.165) is 16.4 Å². The fourth-order valence-corrected chi connectivity index (χ4v) is 1.41. The van der Waals surface area contributed by atoms with Gasteiger partial charge < -0.3 is 0 Å². The van der Waals surface area contributed by atoms with E-state index >= 15 is 0 Å².